The minimum Gasteiger partial charge on any atom is -0.349 e. The van der Waals surface area contributed by atoms with Gasteiger partial charge in [-0.15, -0.1) is 0 Å². The quantitative estimate of drug-likeness (QED) is 0.730. The number of hydrogen-bond donors (Lipinski definition) is 1. The van der Waals surface area contributed by atoms with Crippen LogP contribution in [0, 0.1) is 6.92 Å². The van der Waals surface area contributed by atoms with Crippen molar-refractivity contribution in [2.75, 3.05) is 26.2 Å². The lowest BCUT2D eigenvalue weighted by molar-refractivity contribution is -0.138. The number of halogens is 3. The Bertz CT molecular complexity index is 936. The molecule has 0 aromatic heterocycles. The molecule has 1 heterocycles. The molecule has 172 valence electrons. The van der Waals surface area contributed by atoms with Gasteiger partial charge in [-0.1, -0.05) is 48.0 Å². The van der Waals surface area contributed by atoms with Gasteiger partial charge < -0.3 is 10.2 Å². The molecule has 32 heavy (non-hydrogen) atoms. The zero-order valence-electron chi connectivity index (χ0n) is 18.3. The number of amides is 2. The van der Waals surface area contributed by atoms with Crippen LogP contribution < -0.4 is 5.32 Å². The lowest BCUT2D eigenvalue weighted by Gasteiger charge is -2.35. The first kappa shape index (κ1) is 23.8. The van der Waals surface area contributed by atoms with E-state index in [1.54, 1.807) is 11.0 Å². The highest BCUT2D eigenvalue weighted by molar-refractivity contribution is 5.79. The number of alkyl halides is 3. The standard InChI is InChI=1S/C24H28F3N3O2/c1-17-6-8-20(9-7-17)22(28-18(2)31)15-23(32)30-12-10-29(11-13-30)16-19-4-3-5-21(14-19)24(25,26)27/h3-9,14,22H,10-13,15-16H2,1-2H3,(H,28,31). The molecule has 0 radical (unpaired) electrons. The molecule has 3 rings (SSSR count). The van der Waals surface area contributed by atoms with Crippen LogP contribution in [0.15, 0.2) is 48.5 Å². The minimum atomic E-state index is -4.36. The third-order valence-electron chi connectivity index (χ3n) is 5.62. The maximum atomic E-state index is 12.9. The average molecular weight is 448 g/mol. The van der Waals surface area contributed by atoms with Crippen LogP contribution in [0.2, 0.25) is 0 Å². The fourth-order valence-electron chi connectivity index (χ4n) is 3.86. The van der Waals surface area contributed by atoms with Crippen molar-refractivity contribution in [3.05, 3.63) is 70.8 Å². The summed E-state index contributed by atoms with van der Waals surface area (Å²) in [6.45, 7) is 5.97. The van der Waals surface area contributed by atoms with Crippen molar-refractivity contribution in [2.24, 2.45) is 0 Å². The van der Waals surface area contributed by atoms with E-state index in [1.807, 2.05) is 36.1 Å². The molecule has 0 aliphatic carbocycles. The normalized spacial score (nSPS) is 16.0. The molecule has 1 fully saturated rings. The van der Waals surface area contributed by atoms with E-state index in [9.17, 15) is 22.8 Å². The summed E-state index contributed by atoms with van der Waals surface area (Å²) in [6, 6.07) is 12.7. The van der Waals surface area contributed by atoms with Gasteiger partial charge >= 0.3 is 6.18 Å². The first-order chi connectivity index (χ1) is 15.1. The monoisotopic (exact) mass is 447 g/mol. The second kappa shape index (κ2) is 10.2. The average Bonchev–Trinajstić information content (AvgIpc) is 2.73. The summed E-state index contributed by atoms with van der Waals surface area (Å²) in [7, 11) is 0. The number of carbonyl (C=O) groups is 2. The Hall–Kier alpha value is -2.87. The first-order valence-corrected chi connectivity index (χ1v) is 10.6. The van der Waals surface area contributed by atoms with Crippen LogP contribution in [-0.4, -0.2) is 47.8 Å². The SMILES string of the molecule is CC(=O)NC(CC(=O)N1CCN(Cc2cccc(C(F)(F)F)c2)CC1)c1ccc(C)cc1. The molecule has 1 atom stereocenters. The van der Waals surface area contributed by atoms with Gasteiger partial charge in [0, 0.05) is 39.6 Å². The number of aryl methyl sites for hydroxylation is 1. The maximum Gasteiger partial charge on any atom is 0.416 e. The van der Waals surface area contributed by atoms with E-state index in [0.29, 0.717) is 38.3 Å². The van der Waals surface area contributed by atoms with Crippen LogP contribution in [0.1, 0.15) is 41.6 Å². The van der Waals surface area contributed by atoms with Crippen LogP contribution >= 0.6 is 0 Å². The smallest absolute Gasteiger partial charge is 0.349 e. The molecular weight excluding hydrogens is 419 g/mol. The lowest BCUT2D eigenvalue weighted by Crippen LogP contribution is -2.49. The molecular formula is C24H28F3N3O2. The van der Waals surface area contributed by atoms with Gasteiger partial charge in [0.05, 0.1) is 18.0 Å². The number of nitrogens with zero attached hydrogens (tertiary/aromatic N) is 2. The fourth-order valence-corrected chi connectivity index (χ4v) is 3.86. The highest BCUT2D eigenvalue weighted by Gasteiger charge is 2.31. The van der Waals surface area contributed by atoms with Crippen LogP contribution in [-0.2, 0) is 22.3 Å². The summed E-state index contributed by atoms with van der Waals surface area (Å²) < 4.78 is 38.8. The summed E-state index contributed by atoms with van der Waals surface area (Å²) in [5.41, 5.74) is 1.93. The Morgan fingerprint density at radius 2 is 1.69 bits per heavy atom. The van der Waals surface area contributed by atoms with Crippen LogP contribution in [0.5, 0.6) is 0 Å². The highest BCUT2D eigenvalue weighted by atomic mass is 19.4. The molecule has 1 unspecified atom stereocenters. The van der Waals surface area contributed by atoms with E-state index in [4.69, 9.17) is 0 Å². The van der Waals surface area contributed by atoms with Crippen LogP contribution in [0.4, 0.5) is 13.2 Å². The number of benzene rings is 2. The predicted molar refractivity (Wildman–Crippen MR) is 116 cm³/mol. The molecule has 0 saturated carbocycles. The molecule has 0 bridgehead atoms. The Kier molecular flexibility index (Phi) is 7.56. The van der Waals surface area contributed by atoms with Gasteiger partial charge in [0.15, 0.2) is 0 Å². The van der Waals surface area contributed by atoms with Gasteiger partial charge in [0.25, 0.3) is 0 Å². The van der Waals surface area contributed by atoms with E-state index in [1.165, 1.54) is 19.1 Å². The van der Waals surface area contributed by atoms with Gasteiger partial charge in [-0.2, -0.15) is 13.2 Å². The summed E-state index contributed by atoms with van der Waals surface area (Å²) in [6.07, 6.45) is -4.20. The van der Waals surface area contributed by atoms with E-state index in [0.717, 1.165) is 17.2 Å². The Labute approximate surface area is 186 Å². The Balaban J connectivity index is 1.56. The van der Waals surface area contributed by atoms with Crippen molar-refractivity contribution < 1.29 is 22.8 Å². The number of hydrogen-bond acceptors (Lipinski definition) is 3. The lowest BCUT2D eigenvalue weighted by atomic mass is 10.0. The van der Waals surface area contributed by atoms with Gasteiger partial charge in [-0.3, -0.25) is 14.5 Å². The van der Waals surface area contributed by atoms with Crippen molar-refractivity contribution in [1.29, 1.82) is 0 Å². The zero-order chi connectivity index (χ0) is 23.3. The molecule has 1 aliphatic heterocycles. The van der Waals surface area contributed by atoms with Crippen molar-refractivity contribution in [3.63, 3.8) is 0 Å². The molecule has 8 heteroatoms. The fraction of sp³-hybridized carbons (Fsp3) is 0.417. The van der Waals surface area contributed by atoms with Gasteiger partial charge in [0.1, 0.15) is 0 Å². The van der Waals surface area contributed by atoms with Crippen LogP contribution in [0.3, 0.4) is 0 Å². The number of carbonyl (C=O) groups excluding carboxylic acids is 2. The third kappa shape index (κ3) is 6.56. The molecule has 2 aromatic rings. The third-order valence-corrected chi connectivity index (χ3v) is 5.62. The topological polar surface area (TPSA) is 52.7 Å². The van der Waals surface area contributed by atoms with E-state index in [-0.39, 0.29) is 18.2 Å². The van der Waals surface area contributed by atoms with Crippen molar-refractivity contribution in [1.82, 2.24) is 15.1 Å². The molecule has 1 aliphatic rings. The summed E-state index contributed by atoms with van der Waals surface area (Å²) in [5, 5.41) is 2.86. The van der Waals surface area contributed by atoms with Gasteiger partial charge in [0.2, 0.25) is 11.8 Å². The number of nitrogens with one attached hydrogen (secondary N) is 1. The van der Waals surface area contributed by atoms with E-state index >= 15 is 0 Å². The molecule has 5 nitrogen and oxygen atoms in total. The Morgan fingerprint density at radius 3 is 2.28 bits per heavy atom. The summed E-state index contributed by atoms with van der Waals surface area (Å²) >= 11 is 0. The minimum absolute atomic E-state index is 0.0527. The predicted octanol–water partition coefficient (Wildman–Crippen LogP) is 3.93. The molecule has 0 spiro atoms. The zero-order valence-corrected chi connectivity index (χ0v) is 18.3. The molecule has 2 amide bonds. The number of rotatable bonds is 6. The maximum absolute atomic E-state index is 12.9. The van der Waals surface area contributed by atoms with Gasteiger partial charge in [-0.05, 0) is 24.1 Å². The van der Waals surface area contributed by atoms with E-state index in [2.05, 4.69) is 5.32 Å². The van der Waals surface area contributed by atoms with Crippen LogP contribution in [0.25, 0.3) is 0 Å². The molecule has 1 N–H and O–H groups in total. The molecule has 2 aromatic carbocycles. The summed E-state index contributed by atoms with van der Waals surface area (Å²) in [5.74, 6) is -0.252. The highest BCUT2D eigenvalue weighted by Crippen LogP contribution is 2.30. The largest absolute Gasteiger partial charge is 0.416 e. The van der Waals surface area contributed by atoms with Crippen molar-refractivity contribution in [3.8, 4) is 0 Å². The second-order valence-corrected chi connectivity index (χ2v) is 8.22. The number of piperazine rings is 1. The Morgan fingerprint density at radius 1 is 1.03 bits per heavy atom. The summed E-state index contributed by atoms with van der Waals surface area (Å²) in [4.78, 5) is 28.3. The van der Waals surface area contributed by atoms with Crippen molar-refractivity contribution in [2.45, 2.75) is 39.0 Å². The second-order valence-electron chi connectivity index (χ2n) is 8.22. The van der Waals surface area contributed by atoms with E-state index < -0.39 is 17.8 Å². The van der Waals surface area contributed by atoms with Crippen molar-refractivity contribution >= 4 is 11.8 Å². The molecule has 1 saturated heterocycles. The first-order valence-electron chi connectivity index (χ1n) is 10.6. The van der Waals surface area contributed by atoms with Gasteiger partial charge in [-0.25, -0.2) is 0 Å².